The highest BCUT2D eigenvalue weighted by Gasteiger charge is 2.20. The number of anilines is 3. The molecule has 3 rings (SSSR count). The summed E-state index contributed by atoms with van der Waals surface area (Å²) in [4.78, 5) is 3.41. The van der Waals surface area contributed by atoms with Gasteiger partial charge in [0.05, 0.1) is 15.7 Å². The second-order valence-corrected chi connectivity index (χ2v) is 13.4. The number of halogens is 3. The Morgan fingerprint density at radius 3 is 2.17 bits per heavy atom. The Hall–Kier alpha value is -2.71. The first-order chi connectivity index (χ1) is 19.5. The van der Waals surface area contributed by atoms with Crippen LogP contribution in [0.25, 0.3) is 0 Å². The maximum atomic E-state index is 13.8. The number of rotatable bonds is 8. The summed E-state index contributed by atoms with van der Waals surface area (Å²) in [5.74, 6) is 0.491. The standard InChI is InChI=1S/C33H39Cl2FN4S2/c1-18(2)30(39-29-19(3)10-11-22(28(29)35)17-37-32(42)33(6,7)8)40(9)27-13-20(4)26(12-21(27)5)31(41)38-25-15-23(34)14-24(36)16-25/h10-16,39H,17H2,1-9H3,(H,37,42)(H,38,41). The van der Waals surface area contributed by atoms with Crippen LogP contribution in [-0.4, -0.2) is 17.0 Å². The average Bonchev–Trinajstić information content (AvgIpc) is 2.87. The van der Waals surface area contributed by atoms with Gasteiger partial charge in [0.15, 0.2) is 0 Å². The minimum Gasteiger partial charge on any atom is -0.375 e. The maximum absolute atomic E-state index is 13.8. The van der Waals surface area contributed by atoms with Gasteiger partial charge in [-0.1, -0.05) is 80.5 Å². The molecule has 0 aliphatic rings. The van der Waals surface area contributed by atoms with Crippen molar-refractivity contribution in [2.75, 3.05) is 22.6 Å². The fraction of sp³-hybridized carbons (Fsp3) is 0.333. The van der Waals surface area contributed by atoms with Crippen molar-refractivity contribution in [1.29, 1.82) is 0 Å². The SMILES string of the molecule is CC(C)=C(Nc1c(C)ccc(CNC(=S)C(C)(C)C)c1Cl)N(C)c1cc(C)c(C(=S)Nc2cc(F)cc(Cl)c2)cc1C. The van der Waals surface area contributed by atoms with Crippen molar-refractivity contribution in [1.82, 2.24) is 5.32 Å². The third kappa shape index (κ3) is 8.22. The zero-order valence-corrected chi connectivity index (χ0v) is 28.8. The lowest BCUT2D eigenvalue weighted by molar-refractivity contribution is 0.575. The smallest absolute Gasteiger partial charge is 0.126 e. The monoisotopic (exact) mass is 644 g/mol. The third-order valence-electron chi connectivity index (χ3n) is 6.87. The lowest BCUT2D eigenvalue weighted by atomic mass is 9.96. The molecule has 224 valence electrons. The first-order valence-electron chi connectivity index (χ1n) is 13.6. The zero-order valence-electron chi connectivity index (χ0n) is 25.6. The molecule has 0 radical (unpaired) electrons. The van der Waals surface area contributed by atoms with Gasteiger partial charge in [-0.25, -0.2) is 4.39 Å². The van der Waals surface area contributed by atoms with Crippen LogP contribution >= 0.6 is 47.6 Å². The van der Waals surface area contributed by atoms with Crippen molar-refractivity contribution in [3.8, 4) is 0 Å². The summed E-state index contributed by atoms with van der Waals surface area (Å²) < 4.78 is 13.8. The van der Waals surface area contributed by atoms with Gasteiger partial charge in [0, 0.05) is 41.0 Å². The molecule has 0 saturated carbocycles. The normalized spacial score (nSPS) is 11.1. The summed E-state index contributed by atoms with van der Waals surface area (Å²) in [6, 6.07) is 12.5. The fourth-order valence-electron chi connectivity index (χ4n) is 4.46. The predicted molar refractivity (Wildman–Crippen MR) is 188 cm³/mol. The Morgan fingerprint density at radius 2 is 1.57 bits per heavy atom. The molecule has 3 aromatic carbocycles. The molecule has 0 aromatic heterocycles. The molecule has 0 aliphatic carbocycles. The lowest BCUT2D eigenvalue weighted by Crippen LogP contribution is -2.32. The number of thiocarbonyl (C=S) groups is 2. The molecule has 0 amide bonds. The van der Waals surface area contributed by atoms with Gasteiger partial charge in [-0.15, -0.1) is 0 Å². The minimum atomic E-state index is -0.426. The van der Waals surface area contributed by atoms with E-state index in [9.17, 15) is 4.39 Å². The van der Waals surface area contributed by atoms with E-state index < -0.39 is 5.82 Å². The fourth-order valence-corrected chi connectivity index (χ4v) is 5.42. The topological polar surface area (TPSA) is 39.3 Å². The Bertz CT molecular complexity index is 1540. The van der Waals surface area contributed by atoms with Gasteiger partial charge in [0.1, 0.15) is 16.6 Å². The van der Waals surface area contributed by atoms with Crippen LogP contribution in [0.4, 0.5) is 21.5 Å². The van der Waals surface area contributed by atoms with Crippen LogP contribution in [0.5, 0.6) is 0 Å². The quantitative estimate of drug-likeness (QED) is 0.212. The highest BCUT2D eigenvalue weighted by Crippen LogP contribution is 2.34. The number of nitrogens with zero attached hydrogens (tertiary/aromatic N) is 1. The van der Waals surface area contributed by atoms with Gasteiger partial charge in [0.25, 0.3) is 0 Å². The van der Waals surface area contributed by atoms with Gasteiger partial charge < -0.3 is 20.9 Å². The molecule has 9 heteroatoms. The molecule has 0 heterocycles. The molecular formula is C33H39Cl2FN4S2. The molecular weight excluding hydrogens is 606 g/mol. The van der Waals surface area contributed by atoms with Gasteiger partial charge >= 0.3 is 0 Å². The Kier molecular flexibility index (Phi) is 11.0. The molecule has 3 aromatic rings. The highest BCUT2D eigenvalue weighted by atomic mass is 35.5. The maximum Gasteiger partial charge on any atom is 0.126 e. The highest BCUT2D eigenvalue weighted by molar-refractivity contribution is 7.81. The van der Waals surface area contributed by atoms with Gasteiger partial charge in [0.2, 0.25) is 0 Å². The number of hydrogen-bond donors (Lipinski definition) is 3. The van der Waals surface area contributed by atoms with Crippen molar-refractivity contribution in [3.05, 3.63) is 97.5 Å². The first-order valence-corrected chi connectivity index (χ1v) is 15.2. The van der Waals surface area contributed by atoms with E-state index in [2.05, 4.69) is 67.6 Å². The summed E-state index contributed by atoms with van der Waals surface area (Å²) in [5.41, 5.74) is 8.20. The summed E-state index contributed by atoms with van der Waals surface area (Å²) in [6.45, 7) is 17.0. The van der Waals surface area contributed by atoms with Crippen LogP contribution in [0.3, 0.4) is 0 Å². The van der Waals surface area contributed by atoms with E-state index in [1.54, 1.807) is 6.07 Å². The van der Waals surface area contributed by atoms with Crippen LogP contribution in [-0.2, 0) is 6.54 Å². The zero-order chi connectivity index (χ0) is 31.5. The van der Waals surface area contributed by atoms with E-state index in [4.69, 9.17) is 47.6 Å². The summed E-state index contributed by atoms with van der Waals surface area (Å²) in [7, 11) is 2.03. The van der Waals surface area contributed by atoms with Crippen molar-refractivity contribution in [2.45, 2.75) is 61.9 Å². The molecule has 0 spiro atoms. The van der Waals surface area contributed by atoms with Crippen LogP contribution < -0.4 is 20.9 Å². The van der Waals surface area contributed by atoms with Crippen molar-refractivity contribution in [2.24, 2.45) is 5.41 Å². The molecule has 0 atom stereocenters. The van der Waals surface area contributed by atoms with Crippen molar-refractivity contribution < 1.29 is 4.39 Å². The summed E-state index contributed by atoms with van der Waals surface area (Å²) >= 11 is 24.2. The lowest BCUT2D eigenvalue weighted by Gasteiger charge is -2.29. The van der Waals surface area contributed by atoms with Gasteiger partial charge in [-0.3, -0.25) is 0 Å². The van der Waals surface area contributed by atoms with E-state index in [-0.39, 0.29) is 5.41 Å². The number of nitrogens with one attached hydrogen (secondary N) is 3. The second kappa shape index (κ2) is 13.7. The van der Waals surface area contributed by atoms with Gasteiger partial charge in [-0.05, 0) is 92.8 Å². The van der Waals surface area contributed by atoms with Crippen LogP contribution in [0.15, 0.2) is 53.9 Å². The van der Waals surface area contributed by atoms with Crippen LogP contribution in [0, 0.1) is 32.0 Å². The summed E-state index contributed by atoms with van der Waals surface area (Å²) in [5, 5.41) is 11.1. The molecule has 3 N–H and O–H groups in total. The molecule has 42 heavy (non-hydrogen) atoms. The minimum absolute atomic E-state index is 0.121. The second-order valence-electron chi connectivity index (χ2n) is 11.8. The van der Waals surface area contributed by atoms with Crippen LogP contribution in [0.1, 0.15) is 62.4 Å². The number of allylic oxidation sites excluding steroid dienone is 1. The van der Waals surface area contributed by atoms with E-state index in [1.807, 2.05) is 40.0 Å². The molecule has 0 fully saturated rings. The van der Waals surface area contributed by atoms with E-state index in [0.29, 0.717) is 27.3 Å². The number of aryl methyl sites for hydroxylation is 3. The van der Waals surface area contributed by atoms with E-state index in [0.717, 1.165) is 55.6 Å². The van der Waals surface area contributed by atoms with Gasteiger partial charge in [-0.2, -0.15) is 0 Å². The molecule has 4 nitrogen and oxygen atoms in total. The van der Waals surface area contributed by atoms with Crippen molar-refractivity contribution in [3.63, 3.8) is 0 Å². The predicted octanol–water partition coefficient (Wildman–Crippen LogP) is 10.1. The molecule has 0 unspecified atom stereocenters. The molecule has 0 aliphatic heterocycles. The van der Waals surface area contributed by atoms with E-state index >= 15 is 0 Å². The molecule has 0 saturated heterocycles. The summed E-state index contributed by atoms with van der Waals surface area (Å²) in [6.07, 6.45) is 0. The van der Waals surface area contributed by atoms with Crippen LogP contribution in [0.2, 0.25) is 10.0 Å². The Morgan fingerprint density at radius 1 is 0.905 bits per heavy atom. The average molecular weight is 646 g/mol. The Balaban J connectivity index is 1.89. The first kappa shape index (κ1) is 33.8. The third-order valence-corrected chi connectivity index (χ3v) is 8.60. The number of hydrogen-bond acceptors (Lipinski definition) is 4. The van der Waals surface area contributed by atoms with Crippen molar-refractivity contribution >= 4 is 74.7 Å². The number of benzene rings is 3. The Labute approximate surface area is 270 Å². The largest absolute Gasteiger partial charge is 0.375 e. The van der Waals surface area contributed by atoms with E-state index in [1.165, 1.54) is 12.1 Å². The molecule has 0 bridgehead atoms.